The van der Waals surface area contributed by atoms with Crippen molar-refractivity contribution in [2.75, 3.05) is 13.6 Å². The molecule has 15 heavy (non-hydrogen) atoms. The highest BCUT2D eigenvalue weighted by molar-refractivity contribution is 4.94. The number of nitrogens with zero attached hydrogens (tertiary/aromatic N) is 2. The Labute approximate surface area is 90.6 Å². The lowest BCUT2D eigenvalue weighted by atomic mass is 9.98. The Morgan fingerprint density at radius 2 is 2.53 bits per heavy atom. The third kappa shape index (κ3) is 2.58. The first kappa shape index (κ1) is 10.6. The molecule has 1 fully saturated rings. The number of hydrogen-bond acceptors (Lipinski definition) is 4. The summed E-state index contributed by atoms with van der Waals surface area (Å²) in [6.45, 7) is 4.30. The van der Waals surface area contributed by atoms with E-state index in [2.05, 4.69) is 22.3 Å². The van der Waals surface area contributed by atoms with Gasteiger partial charge in [0.2, 0.25) is 0 Å². The Bertz CT molecular complexity index is 286. The standard InChI is InChI=1S/C11H19N3O/c1-9-7-10(12-2)4-6-14(9)8-11-3-5-13-15-11/h3,5,9-10,12H,4,6-8H2,1-2H3. The molecule has 1 N–H and O–H groups in total. The average Bonchev–Trinajstić information content (AvgIpc) is 2.74. The molecule has 4 heteroatoms. The zero-order chi connectivity index (χ0) is 10.7. The summed E-state index contributed by atoms with van der Waals surface area (Å²) in [6, 6.07) is 3.23. The van der Waals surface area contributed by atoms with Gasteiger partial charge in [-0.1, -0.05) is 5.16 Å². The van der Waals surface area contributed by atoms with E-state index < -0.39 is 0 Å². The van der Waals surface area contributed by atoms with Gasteiger partial charge in [0.15, 0.2) is 5.76 Å². The second kappa shape index (κ2) is 4.77. The zero-order valence-electron chi connectivity index (χ0n) is 9.44. The highest BCUT2D eigenvalue weighted by atomic mass is 16.5. The first-order valence-electron chi connectivity index (χ1n) is 5.60. The smallest absolute Gasteiger partial charge is 0.150 e. The minimum Gasteiger partial charge on any atom is -0.360 e. The van der Waals surface area contributed by atoms with Gasteiger partial charge in [-0.3, -0.25) is 4.90 Å². The second-order valence-corrected chi connectivity index (χ2v) is 4.31. The molecule has 2 atom stereocenters. The van der Waals surface area contributed by atoms with Gasteiger partial charge in [0.1, 0.15) is 0 Å². The van der Waals surface area contributed by atoms with Gasteiger partial charge in [-0.2, -0.15) is 0 Å². The number of nitrogens with one attached hydrogen (secondary N) is 1. The molecule has 1 aromatic rings. The Balaban J connectivity index is 1.89. The Kier molecular flexibility index (Phi) is 3.38. The summed E-state index contributed by atoms with van der Waals surface area (Å²) in [5, 5.41) is 7.08. The van der Waals surface area contributed by atoms with Crippen LogP contribution in [0.1, 0.15) is 25.5 Å². The van der Waals surface area contributed by atoms with Crippen LogP contribution in [0, 0.1) is 0 Å². The molecule has 1 saturated heterocycles. The Morgan fingerprint density at radius 3 is 3.13 bits per heavy atom. The fraction of sp³-hybridized carbons (Fsp3) is 0.727. The van der Waals surface area contributed by atoms with Gasteiger partial charge in [0.05, 0.1) is 12.7 Å². The predicted molar refractivity (Wildman–Crippen MR) is 58.5 cm³/mol. The van der Waals surface area contributed by atoms with Crippen LogP contribution < -0.4 is 5.32 Å². The van der Waals surface area contributed by atoms with E-state index in [-0.39, 0.29) is 0 Å². The normalized spacial score (nSPS) is 28.1. The van der Waals surface area contributed by atoms with E-state index in [1.807, 2.05) is 13.1 Å². The topological polar surface area (TPSA) is 41.3 Å². The van der Waals surface area contributed by atoms with E-state index in [9.17, 15) is 0 Å². The van der Waals surface area contributed by atoms with Crippen LogP contribution in [0.4, 0.5) is 0 Å². The molecule has 0 bridgehead atoms. The van der Waals surface area contributed by atoms with Crippen LogP contribution >= 0.6 is 0 Å². The van der Waals surface area contributed by atoms with Gasteiger partial charge in [0, 0.05) is 24.7 Å². The van der Waals surface area contributed by atoms with Crippen molar-refractivity contribution in [3.05, 3.63) is 18.0 Å². The van der Waals surface area contributed by atoms with Crippen molar-refractivity contribution >= 4 is 0 Å². The number of likely N-dealkylation sites (tertiary alicyclic amines) is 1. The molecule has 4 nitrogen and oxygen atoms in total. The summed E-state index contributed by atoms with van der Waals surface area (Å²) < 4.78 is 5.13. The van der Waals surface area contributed by atoms with E-state index in [1.54, 1.807) is 6.20 Å². The molecule has 0 spiro atoms. The monoisotopic (exact) mass is 209 g/mol. The SMILES string of the molecule is CNC1CCN(Cc2ccno2)C(C)C1. The van der Waals surface area contributed by atoms with Gasteiger partial charge < -0.3 is 9.84 Å². The van der Waals surface area contributed by atoms with Crippen LogP contribution in [0.15, 0.2) is 16.8 Å². The molecule has 1 aliphatic heterocycles. The minimum atomic E-state index is 0.612. The first-order chi connectivity index (χ1) is 7.29. The molecular formula is C11H19N3O. The highest BCUT2D eigenvalue weighted by Crippen LogP contribution is 2.19. The molecule has 0 aliphatic carbocycles. The minimum absolute atomic E-state index is 0.612. The maximum atomic E-state index is 5.13. The number of hydrogen-bond donors (Lipinski definition) is 1. The first-order valence-corrected chi connectivity index (χ1v) is 5.60. The summed E-state index contributed by atoms with van der Waals surface area (Å²) in [5.41, 5.74) is 0. The molecule has 0 radical (unpaired) electrons. The van der Waals surface area contributed by atoms with Crippen molar-refractivity contribution in [1.82, 2.24) is 15.4 Å². The van der Waals surface area contributed by atoms with Crippen LogP contribution in [0.3, 0.4) is 0 Å². The van der Waals surface area contributed by atoms with Gasteiger partial charge in [-0.15, -0.1) is 0 Å². The fourth-order valence-corrected chi connectivity index (χ4v) is 2.24. The van der Waals surface area contributed by atoms with Crippen LogP contribution in [-0.4, -0.2) is 35.7 Å². The summed E-state index contributed by atoms with van der Waals surface area (Å²) in [6.07, 6.45) is 4.14. The van der Waals surface area contributed by atoms with E-state index >= 15 is 0 Å². The lowest BCUT2D eigenvalue weighted by molar-refractivity contribution is 0.119. The van der Waals surface area contributed by atoms with Crippen molar-refractivity contribution in [1.29, 1.82) is 0 Å². The van der Waals surface area contributed by atoms with Crippen LogP contribution in [0.25, 0.3) is 0 Å². The van der Waals surface area contributed by atoms with Crippen molar-refractivity contribution < 1.29 is 4.52 Å². The molecule has 0 aromatic carbocycles. The summed E-state index contributed by atoms with van der Waals surface area (Å²) in [7, 11) is 2.05. The summed E-state index contributed by atoms with van der Waals surface area (Å²) in [4.78, 5) is 2.45. The molecule has 0 saturated carbocycles. The third-order valence-electron chi connectivity index (χ3n) is 3.27. The van der Waals surface area contributed by atoms with Crippen LogP contribution in [0.2, 0.25) is 0 Å². The average molecular weight is 209 g/mol. The molecule has 2 rings (SSSR count). The van der Waals surface area contributed by atoms with Gasteiger partial charge in [0.25, 0.3) is 0 Å². The quantitative estimate of drug-likeness (QED) is 0.813. The van der Waals surface area contributed by atoms with Gasteiger partial charge in [-0.05, 0) is 26.8 Å². The molecule has 2 heterocycles. The summed E-state index contributed by atoms with van der Waals surface area (Å²) >= 11 is 0. The molecule has 0 amide bonds. The predicted octanol–water partition coefficient (Wildman–Crippen LogP) is 1.25. The van der Waals surface area contributed by atoms with Crippen molar-refractivity contribution in [2.24, 2.45) is 0 Å². The van der Waals surface area contributed by atoms with Gasteiger partial charge >= 0.3 is 0 Å². The molecule has 84 valence electrons. The van der Waals surface area contributed by atoms with Crippen LogP contribution in [-0.2, 0) is 6.54 Å². The second-order valence-electron chi connectivity index (χ2n) is 4.31. The van der Waals surface area contributed by atoms with Crippen molar-refractivity contribution in [3.8, 4) is 0 Å². The lowest BCUT2D eigenvalue weighted by Crippen LogP contribution is -2.45. The fourth-order valence-electron chi connectivity index (χ4n) is 2.24. The number of piperidine rings is 1. The summed E-state index contributed by atoms with van der Waals surface area (Å²) in [5.74, 6) is 0.963. The van der Waals surface area contributed by atoms with E-state index in [4.69, 9.17) is 4.52 Å². The van der Waals surface area contributed by atoms with Gasteiger partial charge in [-0.25, -0.2) is 0 Å². The third-order valence-corrected chi connectivity index (χ3v) is 3.27. The molecule has 1 aliphatic rings. The lowest BCUT2D eigenvalue weighted by Gasteiger charge is -2.36. The van der Waals surface area contributed by atoms with Crippen LogP contribution in [0.5, 0.6) is 0 Å². The van der Waals surface area contributed by atoms with E-state index in [0.29, 0.717) is 12.1 Å². The van der Waals surface area contributed by atoms with E-state index in [1.165, 1.54) is 12.8 Å². The van der Waals surface area contributed by atoms with Crippen molar-refractivity contribution in [2.45, 2.75) is 38.4 Å². The molecular weight excluding hydrogens is 190 g/mol. The number of rotatable bonds is 3. The number of aromatic nitrogens is 1. The van der Waals surface area contributed by atoms with Crippen molar-refractivity contribution in [3.63, 3.8) is 0 Å². The molecule has 1 aromatic heterocycles. The maximum Gasteiger partial charge on any atom is 0.150 e. The molecule has 2 unspecified atom stereocenters. The zero-order valence-corrected chi connectivity index (χ0v) is 9.44. The van der Waals surface area contributed by atoms with E-state index in [0.717, 1.165) is 18.8 Å². The Hall–Kier alpha value is -0.870. The Morgan fingerprint density at radius 1 is 1.67 bits per heavy atom. The highest BCUT2D eigenvalue weighted by Gasteiger charge is 2.24. The maximum absolute atomic E-state index is 5.13. The largest absolute Gasteiger partial charge is 0.360 e.